The van der Waals surface area contributed by atoms with Crippen molar-refractivity contribution in [2.75, 3.05) is 0 Å². The van der Waals surface area contributed by atoms with E-state index in [0.29, 0.717) is 0 Å². The van der Waals surface area contributed by atoms with Gasteiger partial charge in [0.1, 0.15) is 23.0 Å². The molecule has 0 fully saturated rings. The Morgan fingerprint density at radius 2 is 1.39 bits per heavy atom. The molecule has 0 atom stereocenters. The third-order valence-corrected chi connectivity index (χ3v) is 3.38. The van der Waals surface area contributed by atoms with Gasteiger partial charge in [-0.2, -0.15) is 0 Å². The highest BCUT2D eigenvalue weighted by Gasteiger charge is 2.37. The van der Waals surface area contributed by atoms with Crippen LogP contribution in [-0.4, -0.2) is 38.1 Å². The van der Waals surface area contributed by atoms with E-state index in [2.05, 4.69) is 4.74 Å². The lowest BCUT2D eigenvalue weighted by Crippen LogP contribution is -2.21. The quantitative estimate of drug-likeness (QED) is 0.301. The van der Waals surface area contributed by atoms with Gasteiger partial charge in [-0.15, -0.1) is 0 Å². The van der Waals surface area contributed by atoms with Gasteiger partial charge < -0.3 is 25.2 Å². The number of hydrogen-bond acceptors (Lipinski definition) is 7. The van der Waals surface area contributed by atoms with Crippen molar-refractivity contribution in [3.8, 4) is 23.0 Å². The van der Waals surface area contributed by atoms with E-state index in [1.165, 1.54) is 0 Å². The highest BCUT2D eigenvalue weighted by Crippen LogP contribution is 2.41. The predicted octanol–water partition coefficient (Wildman–Crippen LogP) is 1.64. The van der Waals surface area contributed by atoms with Gasteiger partial charge in [-0.3, -0.25) is 9.59 Å². The van der Waals surface area contributed by atoms with Crippen LogP contribution in [0.3, 0.4) is 0 Å². The number of phenolic OH excluding ortho intramolecular Hbond substituents is 3. The molecule has 4 N–H and O–H groups in total. The molecule has 0 aliphatic heterocycles. The average Bonchev–Trinajstić information content (AvgIpc) is 2.45. The van der Waals surface area contributed by atoms with Crippen molar-refractivity contribution < 1.29 is 39.5 Å². The second-order valence-corrected chi connectivity index (χ2v) is 4.74. The Balaban J connectivity index is 2.29. The number of carbonyl (C=O) groups excluding carboxylic acids is 2. The van der Waals surface area contributed by atoms with Crippen LogP contribution in [0.4, 0.5) is 4.79 Å². The molecule has 8 nitrogen and oxygen atoms in total. The average molecular weight is 316 g/mol. The summed E-state index contributed by atoms with van der Waals surface area (Å²) < 4.78 is 4.37. The van der Waals surface area contributed by atoms with E-state index < -0.39 is 51.7 Å². The molecule has 0 aromatic heterocycles. The Bertz CT molecular complexity index is 897. The van der Waals surface area contributed by atoms with Gasteiger partial charge >= 0.3 is 6.16 Å². The van der Waals surface area contributed by atoms with Crippen LogP contribution in [0.1, 0.15) is 31.8 Å². The number of benzene rings is 2. The van der Waals surface area contributed by atoms with Crippen molar-refractivity contribution in [1.82, 2.24) is 0 Å². The van der Waals surface area contributed by atoms with E-state index in [1.807, 2.05) is 0 Å². The number of phenols is 3. The molecule has 0 spiro atoms. The minimum absolute atomic E-state index is 0.334. The summed E-state index contributed by atoms with van der Waals surface area (Å²) in [7, 11) is 0. The van der Waals surface area contributed by atoms with Gasteiger partial charge in [0.05, 0.1) is 16.7 Å². The molecule has 2 aromatic carbocycles. The molecular weight excluding hydrogens is 308 g/mol. The fraction of sp³-hybridized carbons (Fsp3) is 0. The Hall–Kier alpha value is -3.55. The lowest BCUT2D eigenvalue weighted by Gasteiger charge is -2.20. The molecule has 0 unspecified atom stereocenters. The van der Waals surface area contributed by atoms with E-state index in [0.717, 1.165) is 24.3 Å². The number of ketones is 2. The van der Waals surface area contributed by atoms with Crippen molar-refractivity contribution in [1.29, 1.82) is 0 Å². The molecule has 1 aliphatic carbocycles. The minimum Gasteiger partial charge on any atom is -0.507 e. The van der Waals surface area contributed by atoms with Crippen molar-refractivity contribution in [3.63, 3.8) is 0 Å². The molecular formula is C15H8O8. The maximum absolute atomic E-state index is 12.5. The smallest absolute Gasteiger partial charge is 0.507 e. The van der Waals surface area contributed by atoms with Crippen molar-refractivity contribution in [3.05, 3.63) is 46.5 Å². The van der Waals surface area contributed by atoms with Crippen molar-refractivity contribution in [2.45, 2.75) is 0 Å². The summed E-state index contributed by atoms with van der Waals surface area (Å²) in [4.78, 5) is 35.5. The molecule has 0 radical (unpaired) electrons. The first kappa shape index (κ1) is 14.4. The number of fused-ring (bicyclic) bond motifs is 2. The Kier molecular flexibility index (Phi) is 2.96. The third-order valence-electron chi connectivity index (χ3n) is 3.38. The van der Waals surface area contributed by atoms with E-state index >= 15 is 0 Å². The normalized spacial score (nSPS) is 12.5. The zero-order valence-corrected chi connectivity index (χ0v) is 11.2. The second kappa shape index (κ2) is 4.73. The van der Waals surface area contributed by atoms with Crippen LogP contribution in [-0.2, 0) is 0 Å². The molecule has 0 heterocycles. The Morgan fingerprint density at radius 1 is 0.826 bits per heavy atom. The molecule has 0 amide bonds. The summed E-state index contributed by atoms with van der Waals surface area (Å²) in [5, 5.41) is 38.1. The molecule has 23 heavy (non-hydrogen) atoms. The van der Waals surface area contributed by atoms with Crippen LogP contribution >= 0.6 is 0 Å². The summed E-state index contributed by atoms with van der Waals surface area (Å²) in [6.45, 7) is 0. The largest absolute Gasteiger partial charge is 0.511 e. The molecule has 1 aliphatic rings. The number of carboxylic acid groups (broad SMARTS) is 1. The van der Waals surface area contributed by atoms with Gasteiger partial charge in [-0.25, -0.2) is 4.79 Å². The molecule has 3 rings (SSSR count). The topological polar surface area (TPSA) is 141 Å². The lowest BCUT2D eigenvalue weighted by molar-refractivity contribution is 0.0971. The van der Waals surface area contributed by atoms with Gasteiger partial charge in [-0.05, 0) is 18.2 Å². The summed E-state index contributed by atoms with van der Waals surface area (Å²) in [6.07, 6.45) is -1.67. The standard InChI is InChI=1S/C15H8O8/c16-7-1-2-8(17)12-11(7)13(19)6-3-5(23-15(21)22)4-9(18)10(6)14(12)20/h1-4,16-18H,(H,21,22). The van der Waals surface area contributed by atoms with Crippen LogP contribution in [0.2, 0.25) is 0 Å². The van der Waals surface area contributed by atoms with E-state index in [-0.39, 0.29) is 11.3 Å². The first-order valence-corrected chi connectivity index (χ1v) is 6.23. The molecule has 116 valence electrons. The Morgan fingerprint density at radius 3 is 1.96 bits per heavy atom. The lowest BCUT2D eigenvalue weighted by atomic mass is 9.82. The highest BCUT2D eigenvalue weighted by molar-refractivity contribution is 6.31. The molecule has 8 heteroatoms. The summed E-state index contributed by atoms with van der Waals surface area (Å²) >= 11 is 0. The molecule has 0 saturated carbocycles. The number of aromatic hydroxyl groups is 3. The van der Waals surface area contributed by atoms with E-state index in [9.17, 15) is 29.7 Å². The van der Waals surface area contributed by atoms with Crippen LogP contribution < -0.4 is 4.74 Å². The number of hydrogen-bond donors (Lipinski definition) is 4. The van der Waals surface area contributed by atoms with Crippen LogP contribution in [0.25, 0.3) is 0 Å². The number of carbonyl (C=O) groups is 3. The van der Waals surface area contributed by atoms with Gasteiger partial charge in [-0.1, -0.05) is 0 Å². The summed E-state index contributed by atoms with van der Waals surface area (Å²) in [6, 6.07) is 3.92. The first-order valence-electron chi connectivity index (χ1n) is 6.23. The predicted molar refractivity (Wildman–Crippen MR) is 73.4 cm³/mol. The van der Waals surface area contributed by atoms with Crippen molar-refractivity contribution in [2.24, 2.45) is 0 Å². The number of ether oxygens (including phenoxy) is 1. The molecule has 0 bridgehead atoms. The fourth-order valence-electron chi connectivity index (χ4n) is 2.48. The van der Waals surface area contributed by atoms with E-state index in [4.69, 9.17) is 5.11 Å². The highest BCUT2D eigenvalue weighted by atomic mass is 16.7. The SMILES string of the molecule is O=C(O)Oc1cc(O)c2c(c1)C(=O)c1c(O)ccc(O)c1C2=O. The fourth-order valence-corrected chi connectivity index (χ4v) is 2.48. The molecule has 2 aromatic rings. The summed E-state index contributed by atoms with van der Waals surface area (Å²) in [5.74, 6) is -3.81. The monoisotopic (exact) mass is 316 g/mol. The van der Waals surface area contributed by atoms with Gasteiger partial charge in [0.25, 0.3) is 0 Å². The maximum Gasteiger partial charge on any atom is 0.511 e. The van der Waals surface area contributed by atoms with Crippen LogP contribution in [0.5, 0.6) is 23.0 Å². The second-order valence-electron chi connectivity index (χ2n) is 4.74. The van der Waals surface area contributed by atoms with Gasteiger partial charge in [0, 0.05) is 11.6 Å². The molecule has 0 saturated heterocycles. The Labute approximate surface area is 127 Å². The maximum atomic E-state index is 12.5. The minimum atomic E-state index is -1.67. The zero-order valence-electron chi connectivity index (χ0n) is 11.2. The van der Waals surface area contributed by atoms with Gasteiger partial charge in [0.2, 0.25) is 5.78 Å². The van der Waals surface area contributed by atoms with E-state index in [1.54, 1.807) is 0 Å². The van der Waals surface area contributed by atoms with Crippen LogP contribution in [0, 0.1) is 0 Å². The number of rotatable bonds is 1. The van der Waals surface area contributed by atoms with Crippen molar-refractivity contribution >= 4 is 17.7 Å². The zero-order chi connectivity index (χ0) is 16.9. The summed E-state index contributed by atoms with van der Waals surface area (Å²) in [5.41, 5.74) is -1.58. The third kappa shape index (κ3) is 2.04. The van der Waals surface area contributed by atoms with Gasteiger partial charge in [0.15, 0.2) is 5.78 Å². The first-order chi connectivity index (χ1) is 10.8. The van der Waals surface area contributed by atoms with Crippen LogP contribution in [0.15, 0.2) is 24.3 Å².